The van der Waals surface area contributed by atoms with E-state index < -0.39 is 36.8 Å². The molecule has 9 nitrogen and oxygen atoms in total. The van der Waals surface area contributed by atoms with E-state index in [2.05, 4.69) is 16.0 Å². The first-order valence-corrected chi connectivity index (χ1v) is 11.0. The molecule has 0 radical (unpaired) electrons. The monoisotopic (exact) mass is 493 g/mol. The summed E-state index contributed by atoms with van der Waals surface area (Å²) in [5.41, 5.74) is 1.16. The number of benzene rings is 3. The largest absolute Gasteiger partial charge is 0.494 e. The quantitative estimate of drug-likeness (QED) is 0.372. The van der Waals surface area contributed by atoms with Crippen molar-refractivity contribution in [2.24, 2.45) is 0 Å². The highest BCUT2D eigenvalue weighted by molar-refractivity contribution is 6.04. The van der Waals surface area contributed by atoms with Gasteiger partial charge >= 0.3 is 5.97 Å². The van der Waals surface area contributed by atoms with Crippen molar-refractivity contribution in [3.8, 4) is 5.75 Å². The lowest BCUT2D eigenvalue weighted by Gasteiger charge is -2.09. The molecule has 0 spiro atoms. The Bertz CT molecular complexity index is 1230. The Balaban J connectivity index is 1.41. The first kappa shape index (κ1) is 25.9. The number of hydrogen-bond acceptors (Lipinski definition) is 6. The van der Waals surface area contributed by atoms with Crippen molar-refractivity contribution < 1.29 is 33.0 Å². The first-order valence-electron chi connectivity index (χ1n) is 11.0. The lowest BCUT2D eigenvalue weighted by molar-refractivity contribution is -0.146. The molecule has 3 N–H and O–H groups in total. The molecule has 0 aliphatic carbocycles. The highest BCUT2D eigenvalue weighted by Crippen LogP contribution is 2.17. The summed E-state index contributed by atoms with van der Waals surface area (Å²) in [6.07, 6.45) is 0. The fourth-order valence-corrected chi connectivity index (χ4v) is 3.00. The van der Waals surface area contributed by atoms with E-state index in [9.17, 15) is 23.6 Å². The van der Waals surface area contributed by atoms with Crippen molar-refractivity contribution in [2.75, 3.05) is 30.4 Å². The topological polar surface area (TPSA) is 123 Å². The molecule has 3 amide bonds. The van der Waals surface area contributed by atoms with Crippen LogP contribution in [0.4, 0.5) is 15.8 Å². The molecule has 0 aliphatic heterocycles. The Morgan fingerprint density at radius 3 is 2.11 bits per heavy atom. The van der Waals surface area contributed by atoms with Crippen molar-refractivity contribution in [2.45, 2.75) is 6.92 Å². The van der Waals surface area contributed by atoms with Crippen LogP contribution >= 0.6 is 0 Å². The molecule has 0 saturated heterocycles. The molecule has 3 rings (SSSR count). The van der Waals surface area contributed by atoms with Gasteiger partial charge in [0, 0.05) is 16.9 Å². The molecule has 0 unspecified atom stereocenters. The molecule has 0 fully saturated rings. The molecular weight excluding hydrogens is 469 g/mol. The third-order valence-corrected chi connectivity index (χ3v) is 4.73. The number of ether oxygens (including phenoxy) is 2. The van der Waals surface area contributed by atoms with Crippen LogP contribution in [-0.2, 0) is 14.3 Å². The highest BCUT2D eigenvalue weighted by Gasteiger charge is 2.14. The summed E-state index contributed by atoms with van der Waals surface area (Å²) in [5.74, 6) is -2.60. The summed E-state index contributed by atoms with van der Waals surface area (Å²) in [6, 6.07) is 18.4. The van der Waals surface area contributed by atoms with E-state index >= 15 is 0 Å². The summed E-state index contributed by atoms with van der Waals surface area (Å²) >= 11 is 0. The molecule has 0 heterocycles. The summed E-state index contributed by atoms with van der Waals surface area (Å²) in [4.78, 5) is 48.1. The number of halogens is 1. The van der Waals surface area contributed by atoms with E-state index in [1.807, 2.05) is 6.92 Å². The highest BCUT2D eigenvalue weighted by atomic mass is 19.1. The molecule has 0 aromatic heterocycles. The lowest BCUT2D eigenvalue weighted by Crippen LogP contribution is -2.32. The van der Waals surface area contributed by atoms with E-state index in [-0.39, 0.29) is 11.5 Å². The van der Waals surface area contributed by atoms with Gasteiger partial charge in [-0.15, -0.1) is 0 Å². The maximum absolute atomic E-state index is 13.6. The molecule has 36 heavy (non-hydrogen) atoms. The van der Waals surface area contributed by atoms with Gasteiger partial charge in [0.05, 0.1) is 12.2 Å². The van der Waals surface area contributed by atoms with Gasteiger partial charge in [0.2, 0.25) is 0 Å². The van der Waals surface area contributed by atoms with Crippen molar-refractivity contribution in [1.82, 2.24) is 5.32 Å². The molecule has 3 aromatic carbocycles. The van der Waals surface area contributed by atoms with Crippen LogP contribution in [0.5, 0.6) is 5.75 Å². The van der Waals surface area contributed by atoms with E-state index in [0.29, 0.717) is 29.3 Å². The fourth-order valence-electron chi connectivity index (χ4n) is 3.00. The van der Waals surface area contributed by atoms with Gasteiger partial charge in [-0.2, -0.15) is 0 Å². The second-order valence-corrected chi connectivity index (χ2v) is 7.36. The Morgan fingerprint density at radius 1 is 0.806 bits per heavy atom. The van der Waals surface area contributed by atoms with Crippen molar-refractivity contribution in [3.63, 3.8) is 0 Å². The number of carbonyl (C=O) groups is 4. The average molecular weight is 493 g/mol. The Labute approximate surface area is 206 Å². The molecule has 3 aromatic rings. The van der Waals surface area contributed by atoms with E-state index in [1.54, 1.807) is 24.3 Å². The molecule has 186 valence electrons. The van der Waals surface area contributed by atoms with Gasteiger partial charge < -0.3 is 25.4 Å². The normalized spacial score (nSPS) is 10.2. The van der Waals surface area contributed by atoms with Gasteiger partial charge in [-0.1, -0.05) is 12.1 Å². The zero-order chi connectivity index (χ0) is 25.9. The zero-order valence-corrected chi connectivity index (χ0v) is 19.4. The van der Waals surface area contributed by atoms with Crippen LogP contribution in [-0.4, -0.2) is 43.4 Å². The van der Waals surface area contributed by atoms with Crippen LogP contribution in [0.3, 0.4) is 0 Å². The first-order chi connectivity index (χ1) is 17.4. The number of rotatable bonds is 10. The maximum atomic E-state index is 13.6. The summed E-state index contributed by atoms with van der Waals surface area (Å²) in [7, 11) is 0. The van der Waals surface area contributed by atoms with Crippen LogP contribution < -0.4 is 20.7 Å². The molecule has 0 bridgehead atoms. The fraction of sp³-hybridized carbons (Fsp3) is 0.154. The van der Waals surface area contributed by atoms with E-state index in [4.69, 9.17) is 9.47 Å². The SMILES string of the molecule is CCOc1ccc(NC(=O)c2ccc(NC(=O)COC(=O)CNC(=O)c3ccccc3F)cc2)cc1. The number of carbonyl (C=O) groups excluding carboxylic acids is 4. The molecule has 10 heteroatoms. The smallest absolute Gasteiger partial charge is 0.325 e. The Morgan fingerprint density at radius 2 is 1.44 bits per heavy atom. The third kappa shape index (κ3) is 7.66. The number of anilines is 2. The summed E-state index contributed by atoms with van der Waals surface area (Å²) in [5, 5.41) is 7.52. The molecule has 0 saturated carbocycles. The van der Waals surface area contributed by atoms with E-state index in [0.717, 1.165) is 6.07 Å². The Kier molecular flexibility index (Phi) is 9.10. The summed E-state index contributed by atoms with van der Waals surface area (Å²) in [6.45, 7) is 1.31. The minimum absolute atomic E-state index is 0.209. The van der Waals surface area contributed by atoms with Gasteiger partial charge in [0.1, 0.15) is 18.1 Å². The van der Waals surface area contributed by atoms with E-state index in [1.165, 1.54) is 42.5 Å². The zero-order valence-electron chi connectivity index (χ0n) is 19.4. The molecule has 0 aliphatic rings. The molecular formula is C26H24FN3O6. The predicted octanol–water partition coefficient (Wildman–Crippen LogP) is 3.39. The number of hydrogen-bond donors (Lipinski definition) is 3. The number of nitrogens with one attached hydrogen (secondary N) is 3. The number of esters is 1. The second kappa shape index (κ2) is 12.7. The van der Waals surface area contributed by atoms with Gasteiger partial charge in [0.15, 0.2) is 6.61 Å². The van der Waals surface area contributed by atoms with Crippen molar-refractivity contribution in [1.29, 1.82) is 0 Å². The summed E-state index contributed by atoms with van der Waals surface area (Å²) < 4.78 is 23.7. The predicted molar refractivity (Wildman–Crippen MR) is 130 cm³/mol. The molecule has 0 atom stereocenters. The van der Waals surface area contributed by atoms with Gasteiger partial charge in [-0.05, 0) is 67.6 Å². The van der Waals surface area contributed by atoms with Crippen LogP contribution in [0, 0.1) is 5.82 Å². The second-order valence-electron chi connectivity index (χ2n) is 7.36. The van der Waals surface area contributed by atoms with Gasteiger partial charge in [0.25, 0.3) is 17.7 Å². The van der Waals surface area contributed by atoms with Crippen LogP contribution in [0.1, 0.15) is 27.6 Å². The minimum atomic E-state index is -0.865. The van der Waals surface area contributed by atoms with Crippen LogP contribution in [0.15, 0.2) is 72.8 Å². The lowest BCUT2D eigenvalue weighted by atomic mass is 10.2. The third-order valence-electron chi connectivity index (χ3n) is 4.73. The van der Waals surface area contributed by atoms with Crippen molar-refractivity contribution in [3.05, 3.63) is 89.7 Å². The van der Waals surface area contributed by atoms with Crippen molar-refractivity contribution >= 4 is 35.1 Å². The van der Waals surface area contributed by atoms with Crippen LogP contribution in [0.25, 0.3) is 0 Å². The van der Waals surface area contributed by atoms with Gasteiger partial charge in [-0.3, -0.25) is 19.2 Å². The van der Waals surface area contributed by atoms with Gasteiger partial charge in [-0.25, -0.2) is 4.39 Å². The average Bonchev–Trinajstić information content (AvgIpc) is 2.88. The maximum Gasteiger partial charge on any atom is 0.325 e. The minimum Gasteiger partial charge on any atom is -0.494 e. The Hall–Kier alpha value is -4.73. The number of amides is 3. The van der Waals surface area contributed by atoms with Crippen LogP contribution in [0.2, 0.25) is 0 Å². The standard InChI is InChI=1S/C26H24FN3O6/c1-2-35-20-13-11-19(12-14-20)30-25(33)17-7-9-18(10-8-17)29-23(31)16-36-24(32)15-28-26(34)21-5-3-4-6-22(21)27/h3-14H,2,15-16H2,1H3,(H,28,34)(H,29,31)(H,30,33).